The smallest absolute Gasteiger partial charge is 0.496 e. The quantitative estimate of drug-likeness (QED) is 0.783. The van der Waals surface area contributed by atoms with Crippen LogP contribution in [0.4, 0.5) is 12.9 Å². The maximum absolute atomic E-state index is 12.5. The zero-order valence-corrected chi connectivity index (χ0v) is 10.9. The van der Waals surface area contributed by atoms with Gasteiger partial charge in [-0.05, 0) is 18.2 Å². The largest absolute Gasteiger partial charge is 0.509 e. The van der Waals surface area contributed by atoms with Crippen LogP contribution in [0.3, 0.4) is 0 Å². The van der Waals surface area contributed by atoms with Crippen molar-refractivity contribution in [1.29, 1.82) is 0 Å². The van der Waals surface area contributed by atoms with Crippen LogP contribution in [0.1, 0.15) is 5.56 Å². The summed E-state index contributed by atoms with van der Waals surface area (Å²) in [6.07, 6.45) is 0. The van der Waals surface area contributed by atoms with Crippen LogP contribution in [-0.4, -0.2) is 14.1 Å². The van der Waals surface area contributed by atoms with Crippen molar-refractivity contribution in [2.45, 2.75) is 6.61 Å². The Morgan fingerprint density at radius 1 is 0.950 bits per heavy atom. The van der Waals surface area contributed by atoms with E-state index in [1.54, 1.807) is 13.2 Å². The van der Waals surface area contributed by atoms with Gasteiger partial charge in [-0.1, -0.05) is 30.3 Å². The number of hydrogen-bond donors (Lipinski definition) is 0. The lowest BCUT2D eigenvalue weighted by Gasteiger charge is -2.15. The van der Waals surface area contributed by atoms with E-state index in [-0.39, 0.29) is 6.61 Å². The summed E-state index contributed by atoms with van der Waals surface area (Å²) in [6, 6.07) is 12.0. The SMILES string of the molecule is COc1ccccc1COc1ccc([B-](F)(F)F)cc1. The fourth-order valence-corrected chi connectivity index (χ4v) is 1.77. The molecule has 0 unspecified atom stereocenters. The summed E-state index contributed by atoms with van der Waals surface area (Å²) in [6.45, 7) is -4.73. The first-order valence-corrected chi connectivity index (χ1v) is 6.05. The Kier molecular flexibility index (Phi) is 4.22. The van der Waals surface area contributed by atoms with Gasteiger partial charge in [-0.15, -0.1) is 5.46 Å². The van der Waals surface area contributed by atoms with Gasteiger partial charge in [0.05, 0.1) is 7.11 Å². The zero-order valence-electron chi connectivity index (χ0n) is 10.9. The molecule has 0 heterocycles. The summed E-state index contributed by atoms with van der Waals surface area (Å²) in [7, 11) is 1.55. The zero-order chi connectivity index (χ0) is 14.6. The summed E-state index contributed by atoms with van der Waals surface area (Å²) >= 11 is 0. The first-order chi connectivity index (χ1) is 9.50. The molecule has 0 aliphatic rings. The first kappa shape index (κ1) is 14.3. The predicted octanol–water partition coefficient (Wildman–Crippen LogP) is 3.33. The van der Waals surface area contributed by atoms with Gasteiger partial charge in [0.15, 0.2) is 0 Å². The summed E-state index contributed by atoms with van der Waals surface area (Å²) in [4.78, 5) is 0. The highest BCUT2D eigenvalue weighted by Gasteiger charge is 2.24. The third kappa shape index (κ3) is 3.47. The Balaban J connectivity index is 2.04. The second-order valence-electron chi connectivity index (χ2n) is 4.24. The average Bonchev–Trinajstić information content (AvgIpc) is 2.45. The maximum Gasteiger partial charge on any atom is 0.509 e. The number of halogens is 3. The van der Waals surface area contributed by atoms with E-state index in [2.05, 4.69) is 0 Å². The minimum absolute atomic E-state index is 0.237. The van der Waals surface area contributed by atoms with Gasteiger partial charge in [0, 0.05) is 5.56 Å². The van der Waals surface area contributed by atoms with Crippen molar-refractivity contribution in [3.8, 4) is 11.5 Å². The van der Waals surface area contributed by atoms with Gasteiger partial charge in [0.25, 0.3) is 0 Å². The predicted molar refractivity (Wildman–Crippen MR) is 72.5 cm³/mol. The molecule has 0 aromatic heterocycles. The second-order valence-corrected chi connectivity index (χ2v) is 4.24. The molecule has 0 saturated heterocycles. The molecular weight excluding hydrogens is 268 g/mol. The summed E-state index contributed by atoms with van der Waals surface area (Å²) in [5.41, 5.74) is 0.203. The molecule has 0 fully saturated rings. The Morgan fingerprint density at radius 3 is 2.20 bits per heavy atom. The van der Waals surface area contributed by atoms with Crippen molar-refractivity contribution in [2.75, 3.05) is 7.11 Å². The number of para-hydroxylation sites is 1. The molecular formula is C14H13BF3O2-. The molecule has 2 rings (SSSR count). The van der Waals surface area contributed by atoms with Gasteiger partial charge in [0.2, 0.25) is 0 Å². The van der Waals surface area contributed by atoms with E-state index < -0.39 is 12.4 Å². The average molecular weight is 281 g/mol. The standard InChI is InChI=1S/C14H13BF3O2/c1-19-14-5-3-2-4-11(14)10-20-13-8-6-12(7-9-13)15(16,17)18/h2-9H,10H2,1H3/q-1. The van der Waals surface area contributed by atoms with Crippen molar-refractivity contribution < 1.29 is 22.4 Å². The van der Waals surface area contributed by atoms with E-state index in [1.807, 2.05) is 18.2 Å². The highest BCUT2D eigenvalue weighted by molar-refractivity contribution is 6.73. The van der Waals surface area contributed by atoms with E-state index in [4.69, 9.17) is 9.47 Å². The lowest BCUT2D eigenvalue weighted by molar-refractivity contribution is 0.296. The van der Waals surface area contributed by atoms with Gasteiger partial charge in [0.1, 0.15) is 18.1 Å². The molecule has 106 valence electrons. The Bertz CT molecular complexity index is 567. The summed E-state index contributed by atoms with van der Waals surface area (Å²) in [5, 5.41) is 0. The van der Waals surface area contributed by atoms with Crippen LogP contribution in [0.5, 0.6) is 11.5 Å². The fourth-order valence-electron chi connectivity index (χ4n) is 1.77. The van der Waals surface area contributed by atoms with Crippen LogP contribution in [0.15, 0.2) is 48.5 Å². The van der Waals surface area contributed by atoms with Crippen LogP contribution in [0, 0.1) is 0 Å². The van der Waals surface area contributed by atoms with Crippen LogP contribution in [-0.2, 0) is 6.61 Å². The Labute approximate surface area is 115 Å². The third-order valence-corrected chi connectivity index (χ3v) is 2.84. The van der Waals surface area contributed by atoms with Gasteiger partial charge < -0.3 is 22.4 Å². The van der Waals surface area contributed by atoms with Crippen molar-refractivity contribution >= 4 is 12.4 Å². The monoisotopic (exact) mass is 281 g/mol. The molecule has 0 amide bonds. The topological polar surface area (TPSA) is 18.5 Å². The second kappa shape index (κ2) is 5.90. The van der Waals surface area contributed by atoms with Crippen LogP contribution in [0.25, 0.3) is 0 Å². The van der Waals surface area contributed by atoms with Crippen LogP contribution < -0.4 is 14.9 Å². The fraction of sp³-hybridized carbons (Fsp3) is 0.143. The van der Waals surface area contributed by atoms with Gasteiger partial charge in [-0.2, -0.15) is 0 Å². The normalized spacial score (nSPS) is 11.2. The van der Waals surface area contributed by atoms with Crippen LogP contribution in [0.2, 0.25) is 0 Å². The molecule has 0 aliphatic carbocycles. The molecule has 0 saturated carbocycles. The molecule has 20 heavy (non-hydrogen) atoms. The number of hydrogen-bond acceptors (Lipinski definition) is 2. The van der Waals surface area contributed by atoms with E-state index >= 15 is 0 Å². The number of methoxy groups -OCH3 is 1. The minimum atomic E-state index is -4.96. The number of rotatable bonds is 5. The lowest BCUT2D eigenvalue weighted by atomic mass is 9.80. The van der Waals surface area contributed by atoms with Crippen molar-refractivity contribution in [3.05, 3.63) is 54.1 Å². The Morgan fingerprint density at radius 2 is 1.60 bits per heavy atom. The van der Waals surface area contributed by atoms with Crippen LogP contribution >= 0.6 is 0 Å². The highest BCUT2D eigenvalue weighted by atomic mass is 19.4. The molecule has 6 heteroatoms. The molecule has 0 N–H and O–H groups in total. The summed E-state index contributed by atoms with van der Waals surface area (Å²) in [5.74, 6) is 1.07. The van der Waals surface area contributed by atoms with Crippen molar-refractivity contribution in [2.24, 2.45) is 0 Å². The minimum Gasteiger partial charge on any atom is -0.496 e. The van der Waals surface area contributed by atoms with E-state index in [1.165, 1.54) is 12.1 Å². The molecule has 2 nitrogen and oxygen atoms in total. The van der Waals surface area contributed by atoms with E-state index in [0.29, 0.717) is 11.5 Å². The molecule has 0 aliphatic heterocycles. The molecule has 0 bridgehead atoms. The van der Waals surface area contributed by atoms with Gasteiger partial charge in [-0.25, -0.2) is 0 Å². The molecule has 2 aromatic carbocycles. The van der Waals surface area contributed by atoms with Crippen molar-refractivity contribution in [3.63, 3.8) is 0 Å². The summed E-state index contributed by atoms with van der Waals surface area (Å²) < 4.78 is 48.1. The first-order valence-electron chi connectivity index (χ1n) is 6.05. The molecule has 0 atom stereocenters. The molecule has 2 aromatic rings. The third-order valence-electron chi connectivity index (χ3n) is 2.84. The maximum atomic E-state index is 12.5. The number of benzene rings is 2. The highest BCUT2D eigenvalue weighted by Crippen LogP contribution is 2.20. The Hall–Kier alpha value is -2.11. The van der Waals surface area contributed by atoms with Gasteiger partial charge in [-0.3, -0.25) is 0 Å². The molecule has 0 radical (unpaired) electrons. The van der Waals surface area contributed by atoms with Crippen molar-refractivity contribution in [1.82, 2.24) is 0 Å². The van der Waals surface area contributed by atoms with E-state index in [0.717, 1.165) is 17.7 Å². The number of ether oxygens (including phenoxy) is 2. The van der Waals surface area contributed by atoms with E-state index in [9.17, 15) is 12.9 Å². The lowest BCUT2D eigenvalue weighted by Crippen LogP contribution is -2.33. The van der Waals surface area contributed by atoms with Gasteiger partial charge >= 0.3 is 6.98 Å². The molecule has 0 spiro atoms.